The van der Waals surface area contributed by atoms with Crippen LogP contribution < -0.4 is 5.32 Å². The topological polar surface area (TPSA) is 68.0 Å². The number of hydrogen-bond acceptors (Lipinski definition) is 5. The van der Waals surface area contributed by atoms with Crippen LogP contribution in [0.15, 0.2) is 29.0 Å². The van der Waals surface area contributed by atoms with Gasteiger partial charge in [-0.05, 0) is 12.1 Å². The summed E-state index contributed by atoms with van der Waals surface area (Å²) in [6.07, 6.45) is 1.24. The molecule has 3 aromatic rings. The maximum absolute atomic E-state index is 13.6. The molecule has 5 nitrogen and oxygen atoms in total. The molecule has 2 heterocycles. The van der Waals surface area contributed by atoms with Crippen LogP contribution in [0.25, 0.3) is 10.2 Å². The van der Waals surface area contributed by atoms with Crippen molar-refractivity contribution in [1.29, 1.82) is 0 Å². The molecule has 0 saturated carbocycles. The molecular formula is C14H12FN3O2S. The Bertz CT molecular complexity index is 810. The number of hydrogen-bond donors (Lipinski definition) is 1. The minimum Gasteiger partial charge on any atom is -0.447 e. The molecule has 0 aliphatic rings. The maximum Gasteiger partial charge on any atom is 0.279 e. The van der Waals surface area contributed by atoms with Crippen molar-refractivity contribution in [3.05, 3.63) is 41.9 Å². The van der Waals surface area contributed by atoms with Crippen LogP contribution in [0, 0.1) is 5.82 Å². The van der Waals surface area contributed by atoms with E-state index in [1.54, 1.807) is 12.1 Å². The Morgan fingerprint density at radius 1 is 1.43 bits per heavy atom. The fourth-order valence-corrected chi connectivity index (χ4v) is 2.84. The highest BCUT2D eigenvalue weighted by molar-refractivity contribution is 7.22. The number of aromatic nitrogens is 2. The normalized spacial score (nSPS) is 11.2. The number of para-hydroxylation sites is 1. The first-order chi connectivity index (χ1) is 10.1. The Labute approximate surface area is 123 Å². The van der Waals surface area contributed by atoms with E-state index in [0.29, 0.717) is 15.6 Å². The van der Waals surface area contributed by atoms with E-state index in [-0.39, 0.29) is 17.1 Å². The number of amides is 1. The number of nitrogens with zero attached hydrogens (tertiary/aromatic N) is 2. The molecule has 3 rings (SSSR count). The summed E-state index contributed by atoms with van der Waals surface area (Å²) in [5.41, 5.74) is 0.478. The van der Waals surface area contributed by atoms with Gasteiger partial charge in [-0.25, -0.2) is 14.4 Å². The number of oxazole rings is 1. The van der Waals surface area contributed by atoms with Gasteiger partial charge in [-0.15, -0.1) is 0 Å². The molecule has 0 aliphatic carbocycles. The predicted molar refractivity (Wildman–Crippen MR) is 78.1 cm³/mol. The van der Waals surface area contributed by atoms with E-state index in [0.717, 1.165) is 0 Å². The number of nitrogens with one attached hydrogen (secondary N) is 1. The number of anilines is 1. The van der Waals surface area contributed by atoms with Gasteiger partial charge in [0.1, 0.15) is 17.1 Å². The van der Waals surface area contributed by atoms with E-state index in [9.17, 15) is 9.18 Å². The second-order valence-electron chi connectivity index (χ2n) is 4.78. The lowest BCUT2D eigenvalue weighted by molar-refractivity contribution is 0.102. The molecule has 0 saturated heterocycles. The van der Waals surface area contributed by atoms with Crippen molar-refractivity contribution in [1.82, 2.24) is 9.97 Å². The molecule has 0 spiro atoms. The monoisotopic (exact) mass is 305 g/mol. The first kappa shape index (κ1) is 13.7. The van der Waals surface area contributed by atoms with Gasteiger partial charge in [-0.2, -0.15) is 0 Å². The van der Waals surface area contributed by atoms with E-state index < -0.39 is 11.7 Å². The molecule has 21 heavy (non-hydrogen) atoms. The molecule has 0 radical (unpaired) electrons. The fourth-order valence-electron chi connectivity index (χ4n) is 1.96. The quantitative estimate of drug-likeness (QED) is 0.799. The average Bonchev–Trinajstić information content (AvgIpc) is 3.04. The molecule has 7 heteroatoms. The van der Waals surface area contributed by atoms with Gasteiger partial charge in [0.15, 0.2) is 17.2 Å². The number of fused-ring (bicyclic) bond motifs is 1. The van der Waals surface area contributed by atoms with Crippen LogP contribution >= 0.6 is 11.3 Å². The standard InChI is InChI=1S/C14H12FN3O2S/c1-7(2)12-11(16-6-20-12)13(19)18-14-17-10-8(15)4-3-5-9(10)21-14/h3-7H,1-2H3,(H,17,18,19). The van der Waals surface area contributed by atoms with E-state index in [2.05, 4.69) is 15.3 Å². The van der Waals surface area contributed by atoms with Gasteiger partial charge in [-0.1, -0.05) is 31.3 Å². The number of thiazole rings is 1. The molecule has 1 N–H and O–H groups in total. The lowest BCUT2D eigenvalue weighted by atomic mass is 10.1. The van der Waals surface area contributed by atoms with Crippen LogP contribution in [0.5, 0.6) is 0 Å². The Kier molecular flexibility index (Phi) is 3.42. The van der Waals surface area contributed by atoms with Gasteiger partial charge in [0, 0.05) is 5.92 Å². The Balaban J connectivity index is 1.89. The van der Waals surface area contributed by atoms with Gasteiger partial charge >= 0.3 is 0 Å². The average molecular weight is 305 g/mol. The van der Waals surface area contributed by atoms with E-state index in [4.69, 9.17) is 4.42 Å². The molecule has 0 atom stereocenters. The third-order valence-corrected chi connectivity index (χ3v) is 3.86. The summed E-state index contributed by atoms with van der Waals surface area (Å²) in [4.78, 5) is 20.2. The van der Waals surface area contributed by atoms with Gasteiger partial charge in [0.2, 0.25) is 0 Å². The van der Waals surface area contributed by atoms with Crippen LogP contribution in [0.2, 0.25) is 0 Å². The zero-order chi connectivity index (χ0) is 15.0. The molecule has 2 aromatic heterocycles. The van der Waals surface area contributed by atoms with Crippen molar-refractivity contribution < 1.29 is 13.6 Å². The zero-order valence-corrected chi connectivity index (χ0v) is 12.2. The van der Waals surface area contributed by atoms with Crippen molar-refractivity contribution in [2.24, 2.45) is 0 Å². The van der Waals surface area contributed by atoms with Gasteiger partial charge < -0.3 is 4.42 Å². The summed E-state index contributed by atoms with van der Waals surface area (Å²) in [6, 6.07) is 4.69. The highest BCUT2D eigenvalue weighted by Gasteiger charge is 2.20. The fraction of sp³-hybridized carbons (Fsp3) is 0.214. The lowest BCUT2D eigenvalue weighted by Crippen LogP contribution is -2.14. The molecule has 1 aromatic carbocycles. The molecule has 1 amide bonds. The molecule has 0 unspecified atom stereocenters. The minimum absolute atomic E-state index is 0.0426. The highest BCUT2D eigenvalue weighted by Crippen LogP contribution is 2.28. The van der Waals surface area contributed by atoms with Crippen LogP contribution in [0.3, 0.4) is 0 Å². The summed E-state index contributed by atoms with van der Waals surface area (Å²) in [7, 11) is 0. The molecule has 0 aliphatic heterocycles. The summed E-state index contributed by atoms with van der Waals surface area (Å²) >= 11 is 1.21. The number of rotatable bonds is 3. The van der Waals surface area contributed by atoms with Gasteiger partial charge in [0.25, 0.3) is 5.91 Å². The number of halogens is 1. The summed E-state index contributed by atoms with van der Waals surface area (Å²) in [5.74, 6) is -0.263. The van der Waals surface area contributed by atoms with Crippen LogP contribution in [-0.4, -0.2) is 15.9 Å². The maximum atomic E-state index is 13.6. The third kappa shape index (κ3) is 2.52. The van der Waals surface area contributed by atoms with E-state index in [1.807, 2.05) is 13.8 Å². The largest absolute Gasteiger partial charge is 0.447 e. The SMILES string of the molecule is CC(C)c1ocnc1C(=O)Nc1nc2c(F)cccc2s1. The first-order valence-electron chi connectivity index (χ1n) is 6.36. The van der Waals surface area contributed by atoms with Crippen LogP contribution in [0.4, 0.5) is 9.52 Å². The van der Waals surface area contributed by atoms with Crippen molar-refractivity contribution in [2.75, 3.05) is 5.32 Å². The Morgan fingerprint density at radius 3 is 2.95 bits per heavy atom. The lowest BCUT2D eigenvalue weighted by Gasteiger charge is -2.03. The zero-order valence-electron chi connectivity index (χ0n) is 11.4. The van der Waals surface area contributed by atoms with E-state index in [1.165, 1.54) is 23.8 Å². The molecular weight excluding hydrogens is 293 g/mol. The third-order valence-electron chi connectivity index (χ3n) is 2.92. The smallest absolute Gasteiger partial charge is 0.279 e. The van der Waals surface area contributed by atoms with Crippen molar-refractivity contribution >= 4 is 32.6 Å². The first-order valence-corrected chi connectivity index (χ1v) is 7.17. The Morgan fingerprint density at radius 2 is 2.24 bits per heavy atom. The summed E-state index contributed by atoms with van der Waals surface area (Å²) < 4.78 is 19.5. The molecule has 0 bridgehead atoms. The molecule has 108 valence electrons. The number of benzene rings is 1. The predicted octanol–water partition coefficient (Wildman–Crippen LogP) is 3.80. The van der Waals surface area contributed by atoms with Crippen molar-refractivity contribution in [2.45, 2.75) is 19.8 Å². The summed E-state index contributed by atoms with van der Waals surface area (Å²) in [5, 5.41) is 2.97. The van der Waals surface area contributed by atoms with Gasteiger partial charge in [0.05, 0.1) is 4.70 Å². The van der Waals surface area contributed by atoms with Crippen molar-refractivity contribution in [3.63, 3.8) is 0 Å². The Hall–Kier alpha value is -2.28. The highest BCUT2D eigenvalue weighted by atomic mass is 32.1. The number of carbonyl (C=O) groups excluding carboxylic acids is 1. The second-order valence-corrected chi connectivity index (χ2v) is 5.81. The molecule has 0 fully saturated rings. The summed E-state index contributed by atoms with van der Waals surface area (Å²) in [6.45, 7) is 3.81. The van der Waals surface area contributed by atoms with Crippen molar-refractivity contribution in [3.8, 4) is 0 Å². The van der Waals surface area contributed by atoms with Gasteiger partial charge in [-0.3, -0.25) is 10.1 Å². The minimum atomic E-state index is -0.410. The van der Waals surface area contributed by atoms with Crippen LogP contribution in [0.1, 0.15) is 36.0 Å². The second kappa shape index (κ2) is 5.25. The van der Waals surface area contributed by atoms with E-state index >= 15 is 0 Å². The number of carbonyl (C=O) groups is 1. The van der Waals surface area contributed by atoms with Crippen LogP contribution in [-0.2, 0) is 0 Å².